The highest BCUT2D eigenvalue weighted by atomic mass is 16.5. The lowest BCUT2D eigenvalue weighted by molar-refractivity contribution is -0.130. The fraction of sp³-hybridized carbons (Fsp3) is 0.267. The van der Waals surface area contributed by atoms with Gasteiger partial charge < -0.3 is 14.5 Å². The second-order valence-corrected chi connectivity index (χ2v) is 9.73. The molecule has 1 fully saturated rings. The zero-order valence-electron chi connectivity index (χ0n) is 21.7. The number of hydrogen-bond donors (Lipinski definition) is 0. The van der Waals surface area contributed by atoms with Crippen molar-refractivity contribution in [2.45, 2.75) is 19.8 Å². The highest BCUT2D eigenvalue weighted by Gasteiger charge is 2.24. The third-order valence-corrected chi connectivity index (χ3v) is 7.13. The summed E-state index contributed by atoms with van der Waals surface area (Å²) in [5.41, 5.74) is 4.79. The first-order chi connectivity index (χ1) is 18.6. The molecule has 2 aromatic heterocycles. The van der Waals surface area contributed by atoms with Crippen molar-refractivity contribution in [2.75, 3.05) is 38.2 Å². The Kier molecular flexibility index (Phi) is 6.37. The Morgan fingerprint density at radius 1 is 0.921 bits per heavy atom. The number of rotatable bonds is 5. The minimum atomic E-state index is 0.126. The number of benzene rings is 3. The molecule has 0 atom stereocenters. The SMILES string of the molecule is COc1cccc(CC(=O)N2CCCN(c3nc4ccccc4c4nnc(-c5cccc(C)c5)n34)CC2)c1. The van der Waals surface area contributed by atoms with Crippen molar-refractivity contribution in [3.63, 3.8) is 0 Å². The van der Waals surface area contributed by atoms with Crippen LogP contribution >= 0.6 is 0 Å². The zero-order valence-corrected chi connectivity index (χ0v) is 21.7. The second kappa shape index (κ2) is 10.1. The summed E-state index contributed by atoms with van der Waals surface area (Å²) in [7, 11) is 1.64. The smallest absolute Gasteiger partial charge is 0.227 e. The van der Waals surface area contributed by atoms with E-state index in [1.54, 1.807) is 7.11 Å². The molecule has 3 aromatic carbocycles. The number of aryl methyl sites for hydroxylation is 1. The van der Waals surface area contributed by atoms with Gasteiger partial charge >= 0.3 is 0 Å². The molecular formula is C30H30N6O2. The quantitative estimate of drug-likeness (QED) is 0.348. The number of anilines is 1. The van der Waals surface area contributed by atoms with E-state index in [1.165, 1.54) is 0 Å². The van der Waals surface area contributed by atoms with E-state index in [4.69, 9.17) is 9.72 Å². The average Bonchev–Trinajstić information content (AvgIpc) is 3.24. The molecule has 8 heteroatoms. The molecule has 38 heavy (non-hydrogen) atoms. The van der Waals surface area contributed by atoms with Crippen LogP contribution in [0.15, 0.2) is 72.8 Å². The van der Waals surface area contributed by atoms with Gasteiger partial charge in [-0.25, -0.2) is 9.38 Å². The van der Waals surface area contributed by atoms with Crippen molar-refractivity contribution in [2.24, 2.45) is 0 Å². The third-order valence-electron chi connectivity index (χ3n) is 7.13. The zero-order chi connectivity index (χ0) is 26.1. The molecule has 1 saturated heterocycles. The largest absolute Gasteiger partial charge is 0.497 e. The molecule has 0 aliphatic carbocycles. The van der Waals surface area contributed by atoms with Crippen molar-refractivity contribution in [3.05, 3.63) is 83.9 Å². The van der Waals surface area contributed by atoms with Gasteiger partial charge in [0, 0.05) is 37.1 Å². The van der Waals surface area contributed by atoms with Crippen molar-refractivity contribution in [1.82, 2.24) is 24.5 Å². The van der Waals surface area contributed by atoms with Gasteiger partial charge in [-0.3, -0.25) is 4.79 Å². The van der Waals surface area contributed by atoms with Crippen LogP contribution in [0.4, 0.5) is 5.95 Å². The molecule has 0 saturated carbocycles. The van der Waals surface area contributed by atoms with Gasteiger partial charge in [0.25, 0.3) is 0 Å². The Bertz CT molecular complexity index is 1630. The predicted molar refractivity (Wildman–Crippen MR) is 149 cm³/mol. The summed E-state index contributed by atoms with van der Waals surface area (Å²) in [6.45, 7) is 4.88. The van der Waals surface area contributed by atoms with E-state index in [0.29, 0.717) is 26.1 Å². The normalized spacial score (nSPS) is 14.2. The van der Waals surface area contributed by atoms with Crippen LogP contribution < -0.4 is 9.64 Å². The monoisotopic (exact) mass is 506 g/mol. The minimum absolute atomic E-state index is 0.126. The van der Waals surface area contributed by atoms with Crippen molar-refractivity contribution in [1.29, 1.82) is 0 Å². The summed E-state index contributed by atoms with van der Waals surface area (Å²) in [6, 6.07) is 24.1. The van der Waals surface area contributed by atoms with E-state index in [2.05, 4.69) is 44.6 Å². The van der Waals surface area contributed by atoms with Crippen LogP contribution in [-0.2, 0) is 11.2 Å². The standard InChI is InChI=1S/C30H30N6O2/c1-21-8-5-10-23(18-21)28-32-33-29-25-12-3-4-13-26(25)31-30(36(28)29)35-15-7-14-34(16-17-35)27(37)20-22-9-6-11-24(19-22)38-2/h3-6,8-13,18-19H,7,14-17,20H2,1-2H3. The van der Waals surface area contributed by atoms with Crippen molar-refractivity contribution in [3.8, 4) is 17.1 Å². The number of para-hydroxylation sites is 1. The van der Waals surface area contributed by atoms with Gasteiger partial charge in [-0.15, -0.1) is 10.2 Å². The van der Waals surface area contributed by atoms with Crippen LogP contribution in [0.5, 0.6) is 5.75 Å². The predicted octanol–water partition coefficient (Wildman–Crippen LogP) is 4.54. The van der Waals surface area contributed by atoms with Crippen LogP contribution in [0.2, 0.25) is 0 Å². The topological polar surface area (TPSA) is 75.9 Å². The van der Waals surface area contributed by atoms with E-state index in [1.807, 2.05) is 59.5 Å². The number of amides is 1. The molecule has 6 rings (SSSR count). The Hall–Kier alpha value is -4.46. The van der Waals surface area contributed by atoms with Crippen LogP contribution in [-0.4, -0.2) is 63.7 Å². The number of carbonyl (C=O) groups excluding carboxylic acids is 1. The molecule has 0 spiro atoms. The molecule has 0 unspecified atom stereocenters. The number of carbonyl (C=O) groups is 1. The maximum Gasteiger partial charge on any atom is 0.227 e. The maximum absolute atomic E-state index is 13.2. The minimum Gasteiger partial charge on any atom is -0.497 e. The summed E-state index contributed by atoms with van der Waals surface area (Å²) in [6.07, 6.45) is 1.21. The van der Waals surface area contributed by atoms with Crippen molar-refractivity contribution < 1.29 is 9.53 Å². The van der Waals surface area contributed by atoms with Gasteiger partial charge in [0.2, 0.25) is 11.9 Å². The molecule has 192 valence electrons. The fourth-order valence-corrected chi connectivity index (χ4v) is 5.19. The Labute approximate surface area is 221 Å². The van der Waals surface area contributed by atoms with E-state index in [9.17, 15) is 4.79 Å². The molecule has 1 amide bonds. The first-order valence-electron chi connectivity index (χ1n) is 13.0. The van der Waals surface area contributed by atoms with Crippen LogP contribution in [0.1, 0.15) is 17.5 Å². The number of nitrogens with zero attached hydrogens (tertiary/aromatic N) is 6. The summed E-state index contributed by atoms with van der Waals surface area (Å²) < 4.78 is 7.40. The molecule has 3 heterocycles. The molecule has 0 N–H and O–H groups in total. The van der Waals surface area contributed by atoms with Crippen LogP contribution in [0.3, 0.4) is 0 Å². The van der Waals surface area contributed by atoms with Crippen LogP contribution in [0.25, 0.3) is 27.9 Å². The van der Waals surface area contributed by atoms with Crippen LogP contribution in [0, 0.1) is 6.92 Å². The number of fused-ring (bicyclic) bond motifs is 3. The van der Waals surface area contributed by atoms with E-state index in [0.717, 1.165) is 63.7 Å². The highest BCUT2D eigenvalue weighted by Crippen LogP contribution is 2.29. The molecule has 8 nitrogen and oxygen atoms in total. The number of aromatic nitrogens is 4. The van der Waals surface area contributed by atoms with E-state index in [-0.39, 0.29) is 5.91 Å². The molecule has 1 aliphatic rings. The molecule has 1 aliphatic heterocycles. The molecular weight excluding hydrogens is 476 g/mol. The van der Waals surface area contributed by atoms with Gasteiger partial charge in [-0.2, -0.15) is 0 Å². The fourth-order valence-electron chi connectivity index (χ4n) is 5.19. The lowest BCUT2D eigenvalue weighted by Gasteiger charge is -2.24. The van der Waals surface area contributed by atoms with E-state index < -0.39 is 0 Å². The van der Waals surface area contributed by atoms with Gasteiger partial charge in [0.05, 0.1) is 19.0 Å². The first-order valence-corrected chi connectivity index (χ1v) is 13.0. The van der Waals surface area contributed by atoms with Gasteiger partial charge in [-0.05, 0) is 49.2 Å². The summed E-state index contributed by atoms with van der Waals surface area (Å²) in [5, 5.41) is 10.2. The number of methoxy groups -OCH3 is 1. The summed E-state index contributed by atoms with van der Waals surface area (Å²) >= 11 is 0. The van der Waals surface area contributed by atoms with Gasteiger partial charge in [0.1, 0.15) is 5.75 Å². The molecule has 0 radical (unpaired) electrons. The van der Waals surface area contributed by atoms with Gasteiger partial charge in [0.15, 0.2) is 11.5 Å². The Balaban J connectivity index is 1.33. The second-order valence-electron chi connectivity index (χ2n) is 9.73. The Morgan fingerprint density at radius 2 is 1.79 bits per heavy atom. The summed E-state index contributed by atoms with van der Waals surface area (Å²) in [4.78, 5) is 22.5. The lowest BCUT2D eigenvalue weighted by atomic mass is 10.1. The number of ether oxygens (including phenoxy) is 1. The van der Waals surface area contributed by atoms with E-state index >= 15 is 0 Å². The Morgan fingerprint density at radius 3 is 2.66 bits per heavy atom. The van der Waals surface area contributed by atoms with Gasteiger partial charge in [-0.1, -0.05) is 48.0 Å². The highest BCUT2D eigenvalue weighted by molar-refractivity contribution is 5.93. The molecule has 5 aromatic rings. The first kappa shape index (κ1) is 23.9. The molecule has 0 bridgehead atoms. The maximum atomic E-state index is 13.2. The number of hydrogen-bond acceptors (Lipinski definition) is 6. The third kappa shape index (κ3) is 4.53. The average molecular weight is 507 g/mol. The summed E-state index contributed by atoms with van der Waals surface area (Å²) in [5.74, 6) is 2.47. The van der Waals surface area contributed by atoms with Crippen molar-refractivity contribution >= 4 is 28.4 Å². The lowest BCUT2D eigenvalue weighted by Crippen LogP contribution is -2.36.